The molecule has 0 saturated heterocycles. The van der Waals surface area contributed by atoms with Gasteiger partial charge in [-0.05, 0) is 29.3 Å². The van der Waals surface area contributed by atoms with Crippen LogP contribution < -0.4 is 10.5 Å². The zero-order valence-corrected chi connectivity index (χ0v) is 11.7. The van der Waals surface area contributed by atoms with Gasteiger partial charge in [-0.25, -0.2) is 4.79 Å². The zero-order valence-electron chi connectivity index (χ0n) is 11.7. The van der Waals surface area contributed by atoms with Crippen LogP contribution in [0.5, 0.6) is 5.75 Å². The third-order valence-corrected chi connectivity index (χ3v) is 3.06. The van der Waals surface area contributed by atoms with Crippen molar-refractivity contribution in [1.29, 1.82) is 0 Å². The van der Waals surface area contributed by atoms with E-state index < -0.39 is 5.97 Å². The Morgan fingerprint density at radius 1 is 1.14 bits per heavy atom. The molecule has 0 aliphatic carbocycles. The number of aliphatic hydroxyl groups is 1. The number of benzene rings is 2. The Bertz CT molecular complexity index is 623. The molecule has 110 valence electrons. The number of esters is 1. The topological polar surface area (TPSA) is 81.8 Å². The highest BCUT2D eigenvalue weighted by atomic mass is 16.5. The Kier molecular flexibility index (Phi) is 4.79. The molecule has 2 aromatic rings. The maximum atomic E-state index is 12.0. The lowest BCUT2D eigenvalue weighted by Crippen LogP contribution is -2.08. The Hall–Kier alpha value is -2.53. The molecule has 0 spiro atoms. The second-order valence-electron chi connectivity index (χ2n) is 4.50. The monoisotopic (exact) mass is 287 g/mol. The Morgan fingerprint density at radius 3 is 2.43 bits per heavy atom. The minimum atomic E-state index is -0.502. The number of methoxy groups -OCH3 is 1. The first-order chi connectivity index (χ1) is 10.1. The van der Waals surface area contributed by atoms with Crippen molar-refractivity contribution < 1.29 is 19.4 Å². The summed E-state index contributed by atoms with van der Waals surface area (Å²) in [5, 5.41) is 8.96. The Morgan fingerprint density at radius 2 is 1.81 bits per heavy atom. The first-order valence-corrected chi connectivity index (χ1v) is 6.43. The largest absolute Gasteiger partial charge is 0.497 e. The van der Waals surface area contributed by atoms with Crippen LogP contribution in [0.25, 0.3) is 0 Å². The van der Waals surface area contributed by atoms with Gasteiger partial charge < -0.3 is 20.3 Å². The number of ether oxygens (including phenoxy) is 2. The lowest BCUT2D eigenvalue weighted by Gasteiger charge is -2.09. The number of anilines is 1. The van der Waals surface area contributed by atoms with Crippen molar-refractivity contribution in [2.45, 2.75) is 13.2 Å². The van der Waals surface area contributed by atoms with Crippen LogP contribution >= 0.6 is 0 Å². The van der Waals surface area contributed by atoms with E-state index in [1.807, 2.05) is 0 Å². The Balaban J connectivity index is 2.04. The molecule has 0 bridgehead atoms. The average molecular weight is 287 g/mol. The van der Waals surface area contributed by atoms with E-state index in [2.05, 4.69) is 0 Å². The van der Waals surface area contributed by atoms with Crippen LogP contribution in [0.2, 0.25) is 0 Å². The molecule has 0 aliphatic heterocycles. The van der Waals surface area contributed by atoms with E-state index in [4.69, 9.17) is 20.3 Å². The smallest absolute Gasteiger partial charge is 0.340 e. The van der Waals surface area contributed by atoms with E-state index in [0.29, 0.717) is 11.4 Å². The number of nitrogens with two attached hydrogens (primary N) is 1. The Labute approximate surface area is 122 Å². The molecule has 2 rings (SSSR count). The van der Waals surface area contributed by atoms with Gasteiger partial charge in [-0.2, -0.15) is 0 Å². The lowest BCUT2D eigenvalue weighted by atomic mass is 10.1. The molecule has 0 radical (unpaired) electrons. The normalized spacial score (nSPS) is 10.2. The molecular weight excluding hydrogens is 270 g/mol. The molecular formula is C16H17NO4. The molecule has 0 fully saturated rings. The van der Waals surface area contributed by atoms with Crippen LogP contribution in [-0.2, 0) is 18.0 Å². The van der Waals surface area contributed by atoms with Gasteiger partial charge in [0.2, 0.25) is 0 Å². The van der Waals surface area contributed by atoms with Gasteiger partial charge in [0.15, 0.2) is 0 Å². The number of carbonyl (C=O) groups is 1. The summed E-state index contributed by atoms with van der Waals surface area (Å²) in [5.74, 6) is 0.0427. The molecule has 0 atom stereocenters. The van der Waals surface area contributed by atoms with Gasteiger partial charge in [-0.1, -0.05) is 24.3 Å². The average Bonchev–Trinajstić information content (AvgIpc) is 2.53. The minimum Gasteiger partial charge on any atom is -0.497 e. The number of carbonyl (C=O) groups excluding carboxylic acids is 1. The predicted octanol–water partition coefficient (Wildman–Crippen LogP) is 2.13. The van der Waals surface area contributed by atoms with E-state index in [1.165, 1.54) is 7.11 Å². The number of hydrogen-bond donors (Lipinski definition) is 2. The maximum absolute atomic E-state index is 12.0. The second kappa shape index (κ2) is 6.76. The van der Waals surface area contributed by atoms with Crippen LogP contribution in [0.4, 0.5) is 5.69 Å². The molecule has 5 nitrogen and oxygen atoms in total. The zero-order chi connectivity index (χ0) is 15.2. The quantitative estimate of drug-likeness (QED) is 0.650. The number of rotatable bonds is 5. The molecule has 5 heteroatoms. The lowest BCUT2D eigenvalue weighted by molar-refractivity contribution is 0.0473. The summed E-state index contributed by atoms with van der Waals surface area (Å²) in [6.45, 7) is 0.127. The fraction of sp³-hybridized carbons (Fsp3) is 0.188. The highest BCUT2D eigenvalue weighted by Crippen LogP contribution is 2.20. The van der Waals surface area contributed by atoms with E-state index in [9.17, 15) is 4.79 Å². The molecule has 0 amide bonds. The number of aliphatic hydroxyl groups excluding tert-OH is 1. The van der Waals surface area contributed by atoms with Crippen LogP contribution in [0.3, 0.4) is 0 Å². The van der Waals surface area contributed by atoms with Crippen molar-refractivity contribution in [2.24, 2.45) is 0 Å². The predicted molar refractivity (Wildman–Crippen MR) is 78.9 cm³/mol. The van der Waals surface area contributed by atoms with Crippen LogP contribution in [0.1, 0.15) is 21.5 Å². The van der Waals surface area contributed by atoms with Gasteiger partial charge in [0, 0.05) is 5.69 Å². The summed E-state index contributed by atoms with van der Waals surface area (Å²) in [7, 11) is 1.52. The maximum Gasteiger partial charge on any atom is 0.340 e. The number of nitrogen functional groups attached to an aromatic ring is 1. The summed E-state index contributed by atoms with van der Waals surface area (Å²) < 4.78 is 10.3. The summed E-state index contributed by atoms with van der Waals surface area (Å²) in [5.41, 5.74) is 8.03. The fourth-order valence-electron chi connectivity index (χ4n) is 1.81. The third kappa shape index (κ3) is 3.73. The van der Waals surface area contributed by atoms with E-state index in [0.717, 1.165) is 11.1 Å². The molecule has 21 heavy (non-hydrogen) atoms. The van der Waals surface area contributed by atoms with Crippen molar-refractivity contribution in [3.8, 4) is 5.75 Å². The van der Waals surface area contributed by atoms with Gasteiger partial charge in [0.1, 0.15) is 12.4 Å². The van der Waals surface area contributed by atoms with E-state index >= 15 is 0 Å². The van der Waals surface area contributed by atoms with Crippen molar-refractivity contribution in [1.82, 2.24) is 0 Å². The molecule has 0 unspecified atom stereocenters. The highest BCUT2D eigenvalue weighted by molar-refractivity contribution is 5.95. The molecule has 2 aromatic carbocycles. The molecule has 0 saturated carbocycles. The van der Waals surface area contributed by atoms with Gasteiger partial charge >= 0.3 is 5.97 Å². The molecule has 3 N–H and O–H groups in total. The summed E-state index contributed by atoms with van der Waals surface area (Å²) >= 11 is 0. The number of hydrogen-bond acceptors (Lipinski definition) is 5. The van der Waals surface area contributed by atoms with Crippen molar-refractivity contribution >= 4 is 11.7 Å². The highest BCUT2D eigenvalue weighted by Gasteiger charge is 2.12. The summed E-state index contributed by atoms with van der Waals surface area (Å²) in [6.07, 6.45) is 0. The SMILES string of the molecule is COc1ccc(N)c(C(=O)OCc2ccc(CO)cc2)c1. The fourth-order valence-corrected chi connectivity index (χ4v) is 1.81. The van der Waals surface area contributed by atoms with E-state index in [-0.39, 0.29) is 18.8 Å². The van der Waals surface area contributed by atoms with Gasteiger partial charge in [-0.3, -0.25) is 0 Å². The molecule has 0 aromatic heterocycles. The van der Waals surface area contributed by atoms with Gasteiger partial charge in [-0.15, -0.1) is 0 Å². The second-order valence-corrected chi connectivity index (χ2v) is 4.50. The van der Waals surface area contributed by atoms with Crippen molar-refractivity contribution in [3.05, 3.63) is 59.2 Å². The minimum absolute atomic E-state index is 0.0135. The van der Waals surface area contributed by atoms with Crippen molar-refractivity contribution in [3.63, 3.8) is 0 Å². The first-order valence-electron chi connectivity index (χ1n) is 6.43. The van der Waals surface area contributed by atoms with Crippen LogP contribution in [-0.4, -0.2) is 18.2 Å². The third-order valence-electron chi connectivity index (χ3n) is 3.06. The van der Waals surface area contributed by atoms with Crippen LogP contribution in [0, 0.1) is 0 Å². The van der Waals surface area contributed by atoms with Crippen molar-refractivity contribution in [2.75, 3.05) is 12.8 Å². The van der Waals surface area contributed by atoms with E-state index in [1.54, 1.807) is 42.5 Å². The summed E-state index contributed by atoms with van der Waals surface area (Å²) in [4.78, 5) is 12.0. The summed E-state index contributed by atoms with van der Waals surface area (Å²) in [6, 6.07) is 12.0. The molecule has 0 heterocycles. The first kappa shape index (κ1) is 14.9. The molecule has 0 aliphatic rings. The van der Waals surface area contributed by atoms with Gasteiger partial charge in [0.25, 0.3) is 0 Å². The van der Waals surface area contributed by atoms with Crippen LogP contribution in [0.15, 0.2) is 42.5 Å². The standard InChI is InChI=1S/C16H17NO4/c1-20-13-6-7-15(17)14(8-13)16(19)21-10-12-4-2-11(9-18)3-5-12/h2-8,18H,9-10,17H2,1H3. The van der Waals surface area contributed by atoms with Gasteiger partial charge in [0.05, 0.1) is 19.3 Å².